The number of para-hydroxylation sites is 1. The molecule has 4 heteroatoms. The standard InChI is InChI=1S/C25H22BrNO2/c1-17-7-16-24(27-17)25(18-8-12-20(26)13-9-18,19-10-14-21(28)15-11-19)22-5-3-4-6-23(22)29-2/h3-16,27-28H,1-2H3/t25-/m1/s1. The van der Waals surface area contributed by atoms with E-state index in [1.165, 1.54) is 0 Å². The maximum atomic E-state index is 9.94. The lowest BCUT2D eigenvalue weighted by Crippen LogP contribution is -2.32. The fourth-order valence-corrected chi connectivity index (χ4v) is 4.29. The molecule has 3 nitrogen and oxygen atoms in total. The van der Waals surface area contributed by atoms with E-state index in [1.807, 2.05) is 30.3 Å². The molecule has 0 bridgehead atoms. The number of rotatable bonds is 5. The molecule has 4 rings (SSSR count). The Morgan fingerprint density at radius 2 is 1.45 bits per heavy atom. The molecule has 0 spiro atoms. The number of benzene rings is 3. The number of aromatic nitrogens is 1. The number of ether oxygens (including phenoxy) is 1. The van der Waals surface area contributed by atoms with E-state index in [-0.39, 0.29) is 5.75 Å². The number of hydrogen-bond donors (Lipinski definition) is 2. The average molecular weight is 448 g/mol. The predicted molar refractivity (Wildman–Crippen MR) is 120 cm³/mol. The van der Waals surface area contributed by atoms with Crippen LogP contribution in [0.1, 0.15) is 28.1 Å². The van der Waals surface area contributed by atoms with Gasteiger partial charge in [-0.25, -0.2) is 0 Å². The number of aromatic hydroxyl groups is 1. The summed E-state index contributed by atoms with van der Waals surface area (Å²) >= 11 is 3.56. The van der Waals surface area contributed by atoms with E-state index in [2.05, 4.69) is 70.3 Å². The molecule has 0 radical (unpaired) electrons. The molecular weight excluding hydrogens is 426 g/mol. The third kappa shape index (κ3) is 3.34. The van der Waals surface area contributed by atoms with Gasteiger partial charge in [-0.1, -0.05) is 58.4 Å². The van der Waals surface area contributed by atoms with Crippen molar-refractivity contribution in [3.8, 4) is 11.5 Å². The van der Waals surface area contributed by atoms with Gasteiger partial charge in [-0.15, -0.1) is 0 Å². The zero-order valence-corrected chi connectivity index (χ0v) is 17.9. The summed E-state index contributed by atoms with van der Waals surface area (Å²) in [6.45, 7) is 2.05. The zero-order chi connectivity index (χ0) is 20.4. The largest absolute Gasteiger partial charge is 0.508 e. The van der Waals surface area contributed by atoms with E-state index in [0.29, 0.717) is 0 Å². The molecule has 2 N–H and O–H groups in total. The molecule has 0 aliphatic rings. The lowest BCUT2D eigenvalue weighted by molar-refractivity contribution is 0.404. The van der Waals surface area contributed by atoms with E-state index in [0.717, 1.165) is 38.3 Å². The highest BCUT2D eigenvalue weighted by atomic mass is 79.9. The summed E-state index contributed by atoms with van der Waals surface area (Å²) < 4.78 is 6.81. The van der Waals surface area contributed by atoms with Gasteiger partial charge in [0.2, 0.25) is 0 Å². The van der Waals surface area contributed by atoms with Crippen molar-refractivity contribution in [2.45, 2.75) is 12.3 Å². The van der Waals surface area contributed by atoms with Gasteiger partial charge in [0, 0.05) is 21.4 Å². The van der Waals surface area contributed by atoms with Crippen LogP contribution in [0, 0.1) is 6.92 Å². The number of phenols is 1. The topological polar surface area (TPSA) is 45.2 Å². The van der Waals surface area contributed by atoms with Gasteiger partial charge in [-0.2, -0.15) is 0 Å². The monoisotopic (exact) mass is 447 g/mol. The highest BCUT2D eigenvalue weighted by Gasteiger charge is 2.41. The SMILES string of the molecule is COc1ccccc1[C@](c1ccc(O)cc1)(c1ccc(Br)cc1)c1ccc(C)[nH]1. The van der Waals surface area contributed by atoms with Crippen LogP contribution in [0.4, 0.5) is 0 Å². The van der Waals surface area contributed by atoms with Gasteiger partial charge < -0.3 is 14.8 Å². The summed E-state index contributed by atoms with van der Waals surface area (Å²) in [6, 6.07) is 28.1. The number of H-pyrrole nitrogens is 1. The summed E-state index contributed by atoms with van der Waals surface area (Å²) in [4.78, 5) is 3.56. The smallest absolute Gasteiger partial charge is 0.123 e. The number of methoxy groups -OCH3 is 1. The van der Waals surface area contributed by atoms with Gasteiger partial charge in [-0.3, -0.25) is 0 Å². The lowest BCUT2D eigenvalue weighted by atomic mass is 9.67. The van der Waals surface area contributed by atoms with Crippen LogP contribution in [-0.2, 0) is 5.41 Å². The van der Waals surface area contributed by atoms with Gasteiger partial charge in [0.15, 0.2) is 0 Å². The zero-order valence-electron chi connectivity index (χ0n) is 16.3. The maximum absolute atomic E-state index is 9.94. The first-order valence-electron chi connectivity index (χ1n) is 9.41. The van der Waals surface area contributed by atoms with Gasteiger partial charge in [-0.05, 0) is 60.5 Å². The Kier molecular flexibility index (Phi) is 5.20. The van der Waals surface area contributed by atoms with Crippen LogP contribution in [0.15, 0.2) is 89.4 Å². The van der Waals surface area contributed by atoms with E-state index < -0.39 is 5.41 Å². The van der Waals surface area contributed by atoms with Crippen LogP contribution in [0.2, 0.25) is 0 Å². The number of nitrogens with one attached hydrogen (secondary N) is 1. The van der Waals surface area contributed by atoms with Gasteiger partial charge >= 0.3 is 0 Å². The molecule has 0 unspecified atom stereocenters. The van der Waals surface area contributed by atoms with Gasteiger partial charge in [0.1, 0.15) is 11.5 Å². The number of hydrogen-bond acceptors (Lipinski definition) is 2. The average Bonchev–Trinajstić information content (AvgIpc) is 3.18. The highest BCUT2D eigenvalue weighted by Crippen LogP contribution is 2.48. The van der Waals surface area contributed by atoms with Crippen LogP contribution >= 0.6 is 15.9 Å². The lowest BCUT2D eigenvalue weighted by Gasteiger charge is -2.36. The molecule has 0 fully saturated rings. The van der Waals surface area contributed by atoms with E-state index in [1.54, 1.807) is 19.2 Å². The van der Waals surface area contributed by atoms with Crippen LogP contribution in [0.5, 0.6) is 11.5 Å². The fourth-order valence-electron chi connectivity index (χ4n) is 4.02. The molecule has 4 aromatic rings. The third-order valence-electron chi connectivity index (χ3n) is 5.32. The molecule has 3 aromatic carbocycles. The Labute approximate surface area is 179 Å². The minimum atomic E-state index is -0.644. The molecule has 1 heterocycles. The molecule has 146 valence electrons. The summed E-state index contributed by atoms with van der Waals surface area (Å²) in [6.07, 6.45) is 0. The fraction of sp³-hybridized carbons (Fsp3) is 0.120. The van der Waals surface area contributed by atoms with E-state index in [9.17, 15) is 5.11 Å². The Morgan fingerprint density at radius 3 is 2.03 bits per heavy atom. The minimum Gasteiger partial charge on any atom is -0.508 e. The number of halogens is 1. The molecule has 0 amide bonds. The summed E-state index contributed by atoms with van der Waals surface area (Å²) in [5.74, 6) is 1.04. The highest BCUT2D eigenvalue weighted by molar-refractivity contribution is 9.10. The van der Waals surface area contributed by atoms with E-state index in [4.69, 9.17) is 4.74 Å². The van der Waals surface area contributed by atoms with Gasteiger partial charge in [0.25, 0.3) is 0 Å². The molecular formula is C25H22BrNO2. The molecule has 1 aromatic heterocycles. The molecule has 0 saturated heterocycles. The second-order valence-electron chi connectivity index (χ2n) is 7.06. The van der Waals surface area contributed by atoms with Crippen LogP contribution in [0.3, 0.4) is 0 Å². The second-order valence-corrected chi connectivity index (χ2v) is 7.97. The van der Waals surface area contributed by atoms with Crippen molar-refractivity contribution in [3.63, 3.8) is 0 Å². The molecule has 0 saturated carbocycles. The molecule has 0 aliphatic heterocycles. The molecule has 29 heavy (non-hydrogen) atoms. The van der Waals surface area contributed by atoms with Crippen molar-refractivity contribution in [2.75, 3.05) is 7.11 Å². The quantitative estimate of drug-likeness (QED) is 0.358. The van der Waals surface area contributed by atoms with Crippen LogP contribution < -0.4 is 4.74 Å². The van der Waals surface area contributed by atoms with Crippen molar-refractivity contribution >= 4 is 15.9 Å². The predicted octanol–water partition coefficient (Wildman–Crippen LogP) is 6.18. The van der Waals surface area contributed by atoms with Crippen molar-refractivity contribution in [2.24, 2.45) is 0 Å². The third-order valence-corrected chi connectivity index (χ3v) is 5.85. The summed E-state index contributed by atoms with van der Waals surface area (Å²) in [5.41, 5.74) is 4.62. The maximum Gasteiger partial charge on any atom is 0.123 e. The summed E-state index contributed by atoms with van der Waals surface area (Å²) in [5, 5.41) is 9.94. The van der Waals surface area contributed by atoms with Crippen molar-refractivity contribution in [3.05, 3.63) is 117 Å². The summed E-state index contributed by atoms with van der Waals surface area (Å²) in [7, 11) is 1.70. The van der Waals surface area contributed by atoms with Crippen LogP contribution in [-0.4, -0.2) is 17.2 Å². The second kappa shape index (κ2) is 7.80. The van der Waals surface area contributed by atoms with Crippen molar-refractivity contribution in [1.82, 2.24) is 4.98 Å². The Hall–Kier alpha value is -2.98. The van der Waals surface area contributed by atoms with E-state index >= 15 is 0 Å². The molecule has 0 aliphatic carbocycles. The Balaban J connectivity index is 2.16. The van der Waals surface area contributed by atoms with Crippen molar-refractivity contribution < 1.29 is 9.84 Å². The van der Waals surface area contributed by atoms with Gasteiger partial charge in [0.05, 0.1) is 12.5 Å². The molecule has 1 atom stereocenters. The number of phenolic OH excluding ortho intramolecular Hbond substituents is 1. The van der Waals surface area contributed by atoms with Crippen molar-refractivity contribution in [1.29, 1.82) is 0 Å². The Bertz CT molecular complexity index is 1070. The normalized spacial score (nSPS) is 13.1. The van der Waals surface area contributed by atoms with Crippen LogP contribution in [0.25, 0.3) is 0 Å². The number of aryl methyl sites for hydroxylation is 1. The first-order chi connectivity index (χ1) is 14.1. The Morgan fingerprint density at radius 1 is 0.828 bits per heavy atom. The number of aromatic amines is 1. The minimum absolute atomic E-state index is 0.237. The first kappa shape index (κ1) is 19.3. The first-order valence-corrected chi connectivity index (χ1v) is 10.2.